The fourth-order valence-corrected chi connectivity index (χ4v) is 5.77. The molecule has 3 aromatic rings. The number of benzene rings is 3. The third-order valence-corrected chi connectivity index (χ3v) is 7.48. The van der Waals surface area contributed by atoms with E-state index in [2.05, 4.69) is 37.2 Å². The molecule has 10 nitrogen and oxygen atoms in total. The van der Waals surface area contributed by atoms with Gasteiger partial charge in [-0.3, -0.25) is 29.4 Å². The number of ether oxygens (including phenoxy) is 2. The van der Waals surface area contributed by atoms with Gasteiger partial charge in [-0.15, -0.1) is 0 Å². The molecular weight excluding hydrogens is 658 g/mol. The Balaban J connectivity index is 1.41. The van der Waals surface area contributed by atoms with E-state index in [4.69, 9.17) is 9.47 Å². The zero-order valence-electron chi connectivity index (χ0n) is 20.2. The Bertz CT molecular complexity index is 1450. The summed E-state index contributed by atoms with van der Waals surface area (Å²) in [5, 5.41) is 12.9. The maximum atomic E-state index is 12.9. The predicted octanol–water partition coefficient (Wildman–Crippen LogP) is 6.38. The largest absolute Gasteiger partial charge is 0.497 e. The lowest BCUT2D eigenvalue weighted by Crippen LogP contribution is -2.36. The molecule has 0 saturated carbocycles. The molecule has 200 valence electrons. The van der Waals surface area contributed by atoms with Crippen molar-refractivity contribution in [1.29, 1.82) is 0 Å². The molecule has 0 atom stereocenters. The third kappa shape index (κ3) is 7.05. The molecule has 13 heteroatoms. The van der Waals surface area contributed by atoms with Crippen LogP contribution in [0.25, 0.3) is 6.08 Å². The standard InChI is InChI=1S/C26H19Br2N3O7S/c1-37-19-8-4-17(5-9-19)29-23(32)13-30-25(33)22(39-26(30)34)12-16-10-20(27)24(21(28)11-16)38-14-15-2-6-18(7-3-15)31(35)36/h2-12H,13-14H2,1H3,(H,29,32)/b22-12+. The molecule has 1 saturated heterocycles. The van der Waals surface area contributed by atoms with E-state index < -0.39 is 28.5 Å². The Morgan fingerprint density at radius 3 is 2.31 bits per heavy atom. The molecule has 0 radical (unpaired) electrons. The zero-order valence-corrected chi connectivity index (χ0v) is 24.2. The second kappa shape index (κ2) is 12.5. The highest BCUT2D eigenvalue weighted by molar-refractivity contribution is 9.11. The van der Waals surface area contributed by atoms with E-state index in [9.17, 15) is 24.5 Å². The van der Waals surface area contributed by atoms with Gasteiger partial charge in [0.2, 0.25) is 5.91 Å². The van der Waals surface area contributed by atoms with Crippen molar-refractivity contribution in [3.63, 3.8) is 0 Å². The van der Waals surface area contributed by atoms with Crippen molar-refractivity contribution in [2.24, 2.45) is 0 Å². The molecule has 3 aromatic carbocycles. The number of anilines is 1. The summed E-state index contributed by atoms with van der Waals surface area (Å²) in [7, 11) is 1.53. The number of rotatable bonds is 9. The highest BCUT2D eigenvalue weighted by Gasteiger charge is 2.36. The molecule has 0 unspecified atom stereocenters. The van der Waals surface area contributed by atoms with Gasteiger partial charge in [-0.1, -0.05) is 0 Å². The van der Waals surface area contributed by atoms with Crippen LogP contribution in [0.2, 0.25) is 0 Å². The van der Waals surface area contributed by atoms with Gasteiger partial charge in [-0.05, 0) is 109 Å². The van der Waals surface area contributed by atoms with Gasteiger partial charge in [0.15, 0.2) is 0 Å². The molecule has 0 aliphatic carbocycles. The normalized spacial score (nSPS) is 14.0. The fourth-order valence-electron chi connectivity index (χ4n) is 3.48. The molecule has 0 bridgehead atoms. The minimum Gasteiger partial charge on any atom is -0.497 e. The van der Waals surface area contributed by atoms with Crippen LogP contribution in [0, 0.1) is 10.1 Å². The van der Waals surface area contributed by atoms with Crippen LogP contribution >= 0.6 is 43.6 Å². The van der Waals surface area contributed by atoms with Gasteiger partial charge >= 0.3 is 0 Å². The van der Waals surface area contributed by atoms with Crippen LogP contribution in [0.4, 0.5) is 16.2 Å². The smallest absolute Gasteiger partial charge is 0.294 e. The minimum atomic E-state index is -0.569. The number of nitrogens with zero attached hydrogens (tertiary/aromatic N) is 2. The molecule has 39 heavy (non-hydrogen) atoms. The highest BCUT2D eigenvalue weighted by atomic mass is 79.9. The number of hydrogen-bond acceptors (Lipinski definition) is 8. The minimum absolute atomic E-state index is 0.00672. The first-order valence-corrected chi connectivity index (χ1v) is 13.6. The summed E-state index contributed by atoms with van der Waals surface area (Å²) < 4.78 is 12.1. The van der Waals surface area contributed by atoms with E-state index in [1.807, 2.05) is 0 Å². The number of carbonyl (C=O) groups is 3. The SMILES string of the molecule is COc1ccc(NC(=O)CN2C(=O)S/C(=C/c3cc(Br)c(OCc4ccc([N+](=O)[O-])cc4)c(Br)c3)C2=O)cc1. The van der Waals surface area contributed by atoms with Crippen molar-refractivity contribution in [2.75, 3.05) is 19.0 Å². The van der Waals surface area contributed by atoms with Crippen molar-refractivity contribution < 1.29 is 28.8 Å². The molecule has 1 aliphatic heterocycles. The number of nitrogens with one attached hydrogen (secondary N) is 1. The van der Waals surface area contributed by atoms with E-state index >= 15 is 0 Å². The van der Waals surface area contributed by atoms with Gasteiger partial charge in [0.05, 0.1) is 25.9 Å². The molecule has 4 rings (SSSR count). The first kappa shape index (κ1) is 28.3. The van der Waals surface area contributed by atoms with Crippen LogP contribution in [-0.2, 0) is 16.2 Å². The summed E-state index contributed by atoms with van der Waals surface area (Å²) in [6, 6.07) is 16.1. The van der Waals surface area contributed by atoms with Crippen molar-refractivity contribution >= 4 is 78.1 Å². The maximum absolute atomic E-state index is 12.9. The molecule has 0 aromatic heterocycles. The molecule has 1 heterocycles. The zero-order chi connectivity index (χ0) is 28.1. The summed E-state index contributed by atoms with van der Waals surface area (Å²) in [6.07, 6.45) is 1.56. The Hall–Kier alpha value is -3.68. The highest BCUT2D eigenvalue weighted by Crippen LogP contribution is 2.38. The van der Waals surface area contributed by atoms with Gasteiger partial charge in [0.1, 0.15) is 24.7 Å². The van der Waals surface area contributed by atoms with Crippen molar-refractivity contribution in [1.82, 2.24) is 4.90 Å². The molecule has 3 amide bonds. The average molecular weight is 677 g/mol. The molecule has 0 spiro atoms. The van der Waals surface area contributed by atoms with Gasteiger partial charge in [0, 0.05) is 17.8 Å². The van der Waals surface area contributed by atoms with E-state index in [1.54, 1.807) is 54.6 Å². The first-order valence-electron chi connectivity index (χ1n) is 11.2. The fraction of sp³-hybridized carbons (Fsp3) is 0.115. The number of halogens is 2. The summed E-state index contributed by atoms with van der Waals surface area (Å²) in [6.45, 7) is -0.247. The average Bonchev–Trinajstić information content (AvgIpc) is 3.16. The van der Waals surface area contributed by atoms with Crippen molar-refractivity contribution in [2.45, 2.75) is 6.61 Å². The number of nitro benzene ring substituents is 1. The second-order valence-electron chi connectivity index (χ2n) is 8.07. The monoisotopic (exact) mass is 675 g/mol. The number of amides is 3. The Labute approximate surface area is 243 Å². The quantitative estimate of drug-likeness (QED) is 0.157. The number of hydrogen-bond donors (Lipinski definition) is 1. The number of non-ortho nitro benzene ring substituents is 1. The Morgan fingerprint density at radius 1 is 1.08 bits per heavy atom. The van der Waals surface area contributed by atoms with Crippen LogP contribution in [0.5, 0.6) is 11.5 Å². The molecule has 1 fully saturated rings. The Morgan fingerprint density at radius 2 is 1.72 bits per heavy atom. The van der Waals surface area contributed by atoms with Gasteiger partial charge < -0.3 is 14.8 Å². The Kier molecular flexibility index (Phi) is 9.04. The van der Waals surface area contributed by atoms with Crippen molar-refractivity contribution in [3.8, 4) is 11.5 Å². The first-order chi connectivity index (χ1) is 18.6. The summed E-state index contributed by atoms with van der Waals surface area (Å²) in [5.41, 5.74) is 1.86. The number of carbonyl (C=O) groups excluding carboxylic acids is 3. The summed E-state index contributed by atoms with van der Waals surface area (Å²) in [4.78, 5) is 49.2. The second-order valence-corrected chi connectivity index (χ2v) is 10.8. The third-order valence-electron chi connectivity index (χ3n) is 5.40. The molecule has 1 aliphatic rings. The van der Waals surface area contributed by atoms with E-state index in [-0.39, 0.29) is 17.2 Å². The lowest BCUT2D eigenvalue weighted by molar-refractivity contribution is -0.384. The van der Waals surface area contributed by atoms with Crippen LogP contribution in [-0.4, -0.2) is 40.5 Å². The summed E-state index contributed by atoms with van der Waals surface area (Å²) >= 11 is 7.67. The molecule has 1 N–H and O–H groups in total. The van der Waals surface area contributed by atoms with Crippen molar-refractivity contribution in [3.05, 3.63) is 95.8 Å². The molecular formula is C26H19Br2N3O7S. The van der Waals surface area contributed by atoms with Crippen LogP contribution in [0.3, 0.4) is 0 Å². The topological polar surface area (TPSA) is 128 Å². The van der Waals surface area contributed by atoms with E-state index in [1.165, 1.54) is 19.2 Å². The number of nitro groups is 1. The lowest BCUT2D eigenvalue weighted by atomic mass is 10.2. The van der Waals surface area contributed by atoms with Gasteiger partial charge in [0.25, 0.3) is 16.8 Å². The van der Waals surface area contributed by atoms with Crippen LogP contribution < -0.4 is 14.8 Å². The van der Waals surface area contributed by atoms with Crippen LogP contribution in [0.15, 0.2) is 74.5 Å². The van der Waals surface area contributed by atoms with Gasteiger partial charge in [-0.25, -0.2) is 0 Å². The van der Waals surface area contributed by atoms with E-state index in [0.717, 1.165) is 22.2 Å². The number of thioether (sulfide) groups is 1. The predicted molar refractivity (Wildman–Crippen MR) is 154 cm³/mol. The number of imide groups is 1. The van der Waals surface area contributed by atoms with Crippen LogP contribution in [0.1, 0.15) is 11.1 Å². The number of methoxy groups -OCH3 is 1. The summed E-state index contributed by atoms with van der Waals surface area (Å²) in [5.74, 6) is 0.0459. The maximum Gasteiger partial charge on any atom is 0.294 e. The lowest BCUT2D eigenvalue weighted by Gasteiger charge is -2.13. The van der Waals surface area contributed by atoms with E-state index in [0.29, 0.717) is 31.7 Å². The van der Waals surface area contributed by atoms with Gasteiger partial charge in [-0.2, -0.15) is 0 Å².